The summed E-state index contributed by atoms with van der Waals surface area (Å²) in [5.74, 6) is 0. The van der Waals surface area contributed by atoms with Gasteiger partial charge in [0.2, 0.25) is 0 Å². The molecule has 1 N–H and O–H groups in total. The normalized spacial score (nSPS) is 15.2. The van der Waals surface area contributed by atoms with Crippen LogP contribution in [0.3, 0.4) is 0 Å². The largest absolute Gasteiger partial charge is 0.389 e. The van der Waals surface area contributed by atoms with Gasteiger partial charge in [0.15, 0.2) is 0 Å². The first-order valence-electron chi connectivity index (χ1n) is 12.0. The molecule has 0 aliphatic heterocycles. The van der Waals surface area contributed by atoms with E-state index < -0.39 is 16.1 Å². The summed E-state index contributed by atoms with van der Waals surface area (Å²) < 4.78 is 31.1. The molecule has 0 amide bonds. The third-order valence-corrected chi connectivity index (χ3v) is 8.48. The van der Waals surface area contributed by atoms with Crippen LogP contribution in [0.5, 0.6) is 0 Å². The van der Waals surface area contributed by atoms with E-state index in [0.717, 1.165) is 45.8 Å². The molecule has 1 unspecified atom stereocenters. The summed E-state index contributed by atoms with van der Waals surface area (Å²) in [6, 6.07) is 23.1. The monoisotopic (exact) mass is 486 g/mol. The minimum absolute atomic E-state index is 0.0337. The fourth-order valence-electron chi connectivity index (χ4n) is 4.91. The van der Waals surface area contributed by atoms with Gasteiger partial charge in [-0.2, -0.15) is 0 Å². The number of aromatic nitrogens is 1. The Bertz CT molecular complexity index is 1490. The van der Waals surface area contributed by atoms with E-state index in [4.69, 9.17) is 0 Å². The Labute approximate surface area is 206 Å². The van der Waals surface area contributed by atoms with Crippen LogP contribution in [0.15, 0.2) is 101 Å². The van der Waals surface area contributed by atoms with Gasteiger partial charge in [0.05, 0.1) is 29.8 Å². The third-order valence-electron chi connectivity index (χ3n) is 6.69. The maximum atomic E-state index is 13.8. The van der Waals surface area contributed by atoms with Crippen molar-refractivity contribution < 1.29 is 13.5 Å². The number of aryl methyl sites for hydroxylation is 1. The minimum Gasteiger partial charge on any atom is -0.389 e. The molecule has 5 nitrogen and oxygen atoms in total. The molecule has 35 heavy (non-hydrogen) atoms. The van der Waals surface area contributed by atoms with Crippen molar-refractivity contribution in [2.45, 2.75) is 44.2 Å². The van der Waals surface area contributed by atoms with Crippen molar-refractivity contribution in [1.82, 2.24) is 8.87 Å². The fraction of sp³-hybridized carbons (Fsp3) is 0.241. The van der Waals surface area contributed by atoms with Gasteiger partial charge in [0.1, 0.15) is 0 Å². The van der Waals surface area contributed by atoms with Crippen molar-refractivity contribution in [3.8, 4) is 0 Å². The lowest BCUT2D eigenvalue weighted by atomic mass is 10.0. The Morgan fingerprint density at radius 2 is 1.43 bits per heavy atom. The van der Waals surface area contributed by atoms with Gasteiger partial charge < -0.3 is 9.67 Å². The van der Waals surface area contributed by atoms with E-state index in [1.54, 1.807) is 24.3 Å². The molecule has 4 aromatic rings. The molecule has 1 aliphatic carbocycles. The lowest BCUT2D eigenvalue weighted by Crippen LogP contribution is -2.39. The van der Waals surface area contributed by atoms with Crippen LogP contribution in [0.4, 0.5) is 0 Å². The molecule has 1 aromatic heterocycles. The second-order valence-electron chi connectivity index (χ2n) is 9.20. The fourth-order valence-corrected chi connectivity index (χ4v) is 6.49. The van der Waals surface area contributed by atoms with Gasteiger partial charge >= 0.3 is 0 Å². The Kier molecular flexibility index (Phi) is 6.26. The molecule has 5 rings (SSSR count). The zero-order valence-electron chi connectivity index (χ0n) is 20.1. The topological polar surface area (TPSA) is 62.5 Å². The van der Waals surface area contributed by atoms with Crippen molar-refractivity contribution in [2.24, 2.45) is 0 Å². The van der Waals surface area contributed by atoms with Crippen LogP contribution in [0.2, 0.25) is 0 Å². The highest BCUT2D eigenvalue weighted by atomic mass is 32.2. The van der Waals surface area contributed by atoms with Crippen LogP contribution in [0, 0.1) is 6.92 Å². The first-order chi connectivity index (χ1) is 16.9. The van der Waals surface area contributed by atoms with Gasteiger partial charge in [0, 0.05) is 21.8 Å². The quantitative estimate of drug-likeness (QED) is 0.360. The van der Waals surface area contributed by atoms with E-state index in [-0.39, 0.29) is 18.0 Å². The lowest BCUT2D eigenvalue weighted by molar-refractivity contribution is 0.138. The highest BCUT2D eigenvalue weighted by molar-refractivity contribution is 7.89. The van der Waals surface area contributed by atoms with Crippen LogP contribution >= 0.6 is 0 Å². The molecule has 1 atom stereocenters. The Balaban J connectivity index is 1.52. The van der Waals surface area contributed by atoms with Crippen LogP contribution in [-0.2, 0) is 16.6 Å². The molecular formula is C29H30N2O3S. The van der Waals surface area contributed by atoms with Gasteiger partial charge in [-0.1, -0.05) is 66.2 Å². The predicted octanol–water partition coefficient (Wildman–Crippen LogP) is 5.78. The molecule has 0 fully saturated rings. The molecule has 0 radical (unpaired) electrons. The van der Waals surface area contributed by atoms with Gasteiger partial charge in [-0.05, 0) is 56.5 Å². The van der Waals surface area contributed by atoms with Crippen molar-refractivity contribution in [1.29, 1.82) is 0 Å². The Morgan fingerprint density at radius 3 is 2.03 bits per heavy atom. The molecule has 0 saturated carbocycles. The first kappa shape index (κ1) is 23.4. The van der Waals surface area contributed by atoms with Crippen molar-refractivity contribution >= 4 is 31.8 Å². The number of fused-ring (bicyclic) bond motifs is 3. The summed E-state index contributed by atoms with van der Waals surface area (Å²) >= 11 is 0. The standard InChI is InChI=1S/C29H30N2O3S/c1-21-15-17-24(18-16-21)35(33,34)31(27-12-6-3-9-22(27)2)20-23(32)19-30-28-13-7-4-10-25(28)26-11-5-8-14-29(26)30/h4-5,7-18,23,32H,3,6,19-20H2,1-2H3. The number of hydrogen-bond acceptors (Lipinski definition) is 3. The van der Waals surface area contributed by atoms with E-state index in [2.05, 4.69) is 22.8 Å². The smallest absolute Gasteiger partial charge is 0.264 e. The number of benzene rings is 3. The first-order valence-corrected chi connectivity index (χ1v) is 13.4. The summed E-state index contributed by atoms with van der Waals surface area (Å²) in [5.41, 5.74) is 4.60. The average molecular weight is 487 g/mol. The average Bonchev–Trinajstić information content (AvgIpc) is 3.17. The van der Waals surface area contributed by atoms with Gasteiger partial charge in [-0.15, -0.1) is 0 Å². The van der Waals surface area contributed by atoms with E-state index in [1.165, 1.54) is 4.31 Å². The number of allylic oxidation sites excluding steroid dienone is 3. The molecule has 1 aliphatic rings. The second-order valence-corrected chi connectivity index (χ2v) is 11.1. The van der Waals surface area contributed by atoms with E-state index in [9.17, 15) is 13.5 Å². The highest BCUT2D eigenvalue weighted by Gasteiger charge is 2.30. The SMILES string of the molecule is CC1=CCCC=C1N(CC(O)Cn1c2ccccc2c2ccccc21)S(=O)(=O)c1ccc(C)cc1. The molecule has 180 valence electrons. The minimum atomic E-state index is -3.85. The number of aliphatic hydroxyl groups is 1. The number of sulfonamides is 1. The van der Waals surface area contributed by atoms with Crippen LogP contribution in [0.1, 0.15) is 25.3 Å². The number of rotatable bonds is 7. The second kappa shape index (κ2) is 9.36. The van der Waals surface area contributed by atoms with Gasteiger partial charge in [-0.3, -0.25) is 4.31 Å². The van der Waals surface area contributed by atoms with Crippen molar-refractivity contribution in [2.75, 3.05) is 6.54 Å². The predicted molar refractivity (Wildman–Crippen MR) is 142 cm³/mol. The summed E-state index contributed by atoms with van der Waals surface area (Å²) in [6.07, 6.45) is 4.78. The molecule has 0 saturated heterocycles. The Hall–Kier alpha value is -3.35. The molecule has 0 bridgehead atoms. The van der Waals surface area contributed by atoms with Crippen LogP contribution < -0.4 is 0 Å². The van der Waals surface area contributed by atoms with E-state index >= 15 is 0 Å². The zero-order valence-corrected chi connectivity index (χ0v) is 20.9. The summed E-state index contributed by atoms with van der Waals surface area (Å²) in [4.78, 5) is 0.228. The van der Waals surface area contributed by atoms with E-state index in [1.807, 2.05) is 56.3 Å². The molecular weight excluding hydrogens is 456 g/mol. The van der Waals surface area contributed by atoms with Crippen molar-refractivity contribution in [3.63, 3.8) is 0 Å². The molecule has 1 heterocycles. The highest BCUT2D eigenvalue weighted by Crippen LogP contribution is 2.31. The third kappa shape index (κ3) is 4.40. The van der Waals surface area contributed by atoms with Crippen LogP contribution in [-0.4, -0.2) is 35.0 Å². The maximum Gasteiger partial charge on any atom is 0.264 e. The van der Waals surface area contributed by atoms with Crippen LogP contribution in [0.25, 0.3) is 21.8 Å². The molecule has 0 spiro atoms. The van der Waals surface area contributed by atoms with Gasteiger partial charge in [0.25, 0.3) is 10.0 Å². The van der Waals surface area contributed by atoms with E-state index in [0.29, 0.717) is 5.70 Å². The van der Waals surface area contributed by atoms with Gasteiger partial charge in [-0.25, -0.2) is 8.42 Å². The maximum absolute atomic E-state index is 13.8. The van der Waals surface area contributed by atoms with Crippen molar-refractivity contribution in [3.05, 3.63) is 102 Å². The summed E-state index contributed by atoms with van der Waals surface area (Å²) in [6.45, 7) is 4.11. The number of nitrogens with zero attached hydrogens (tertiary/aromatic N) is 2. The summed E-state index contributed by atoms with van der Waals surface area (Å²) in [5, 5.41) is 13.5. The summed E-state index contributed by atoms with van der Waals surface area (Å²) in [7, 11) is -3.85. The molecule has 3 aromatic carbocycles. The number of para-hydroxylation sites is 2. The number of hydrogen-bond donors (Lipinski definition) is 1. The zero-order chi connectivity index (χ0) is 24.6. The molecule has 6 heteroatoms. The Morgan fingerprint density at radius 1 is 0.857 bits per heavy atom. The lowest BCUT2D eigenvalue weighted by Gasteiger charge is -2.31. The number of aliphatic hydroxyl groups excluding tert-OH is 1.